The van der Waals surface area contributed by atoms with E-state index in [-0.39, 0.29) is 5.91 Å². The van der Waals surface area contributed by atoms with Crippen LogP contribution >= 0.6 is 0 Å². The fourth-order valence-electron chi connectivity index (χ4n) is 1.75. The van der Waals surface area contributed by atoms with Crippen molar-refractivity contribution in [3.05, 3.63) is 23.8 Å². The van der Waals surface area contributed by atoms with Gasteiger partial charge in [0.1, 0.15) is 5.75 Å². The molecule has 1 amide bonds. The van der Waals surface area contributed by atoms with Crippen LogP contribution in [0.3, 0.4) is 0 Å². The summed E-state index contributed by atoms with van der Waals surface area (Å²) in [6, 6.07) is 5.21. The van der Waals surface area contributed by atoms with Crippen LogP contribution < -0.4 is 15.8 Å². The highest BCUT2D eigenvalue weighted by Crippen LogP contribution is 2.21. The molecule has 0 aliphatic heterocycles. The molecule has 19 heavy (non-hydrogen) atoms. The fourth-order valence-corrected chi connectivity index (χ4v) is 1.75. The van der Waals surface area contributed by atoms with Crippen molar-refractivity contribution in [2.75, 3.05) is 11.9 Å². The lowest BCUT2D eigenvalue weighted by molar-refractivity contribution is -0.117. The summed E-state index contributed by atoms with van der Waals surface area (Å²) in [5, 5.41) is 2.86. The van der Waals surface area contributed by atoms with E-state index >= 15 is 0 Å². The number of aryl methyl sites for hydroxylation is 1. The normalized spacial score (nSPS) is 12.0. The average Bonchev–Trinajstić information content (AvgIpc) is 2.39. The van der Waals surface area contributed by atoms with Crippen LogP contribution in [0.25, 0.3) is 0 Å². The molecule has 1 aromatic rings. The lowest BCUT2D eigenvalue weighted by Gasteiger charge is -2.14. The first-order chi connectivity index (χ1) is 9.08. The van der Waals surface area contributed by atoms with Crippen molar-refractivity contribution in [1.29, 1.82) is 0 Å². The van der Waals surface area contributed by atoms with Gasteiger partial charge in [-0.05, 0) is 43.5 Å². The Labute approximate surface area is 115 Å². The Morgan fingerprint density at radius 3 is 2.68 bits per heavy atom. The monoisotopic (exact) mass is 264 g/mol. The van der Waals surface area contributed by atoms with E-state index in [4.69, 9.17) is 10.5 Å². The first-order valence-corrected chi connectivity index (χ1v) is 6.88. The van der Waals surface area contributed by atoms with Crippen LogP contribution in [0.4, 0.5) is 5.69 Å². The Bertz CT molecular complexity index is 419. The van der Waals surface area contributed by atoms with Gasteiger partial charge in [-0.15, -0.1) is 0 Å². The van der Waals surface area contributed by atoms with Crippen molar-refractivity contribution in [1.82, 2.24) is 0 Å². The van der Waals surface area contributed by atoms with Gasteiger partial charge in [0.05, 0.1) is 12.6 Å². The minimum absolute atomic E-state index is 0.132. The number of nitrogens with one attached hydrogen (secondary N) is 1. The van der Waals surface area contributed by atoms with Crippen molar-refractivity contribution < 1.29 is 9.53 Å². The molecule has 0 aliphatic rings. The molecule has 0 heterocycles. The Morgan fingerprint density at radius 2 is 2.11 bits per heavy atom. The average molecular weight is 264 g/mol. The smallest absolute Gasteiger partial charge is 0.241 e. The summed E-state index contributed by atoms with van der Waals surface area (Å²) in [6.45, 7) is 6.72. The fraction of sp³-hybridized carbons (Fsp3) is 0.533. The summed E-state index contributed by atoms with van der Waals surface area (Å²) in [7, 11) is 0. The molecular formula is C15H24N2O2. The minimum Gasteiger partial charge on any atom is -0.494 e. The third-order valence-corrected chi connectivity index (χ3v) is 2.87. The van der Waals surface area contributed by atoms with Gasteiger partial charge in [-0.3, -0.25) is 4.79 Å². The van der Waals surface area contributed by atoms with Gasteiger partial charge in [0.2, 0.25) is 5.91 Å². The molecule has 0 spiro atoms. The highest BCUT2D eigenvalue weighted by Gasteiger charge is 2.13. The molecule has 0 saturated carbocycles. The van der Waals surface area contributed by atoms with E-state index < -0.39 is 6.04 Å². The summed E-state index contributed by atoms with van der Waals surface area (Å²) < 4.78 is 5.54. The number of rotatable bonds is 7. The molecule has 0 fully saturated rings. The van der Waals surface area contributed by atoms with E-state index in [1.54, 1.807) is 0 Å². The lowest BCUT2D eigenvalue weighted by Crippen LogP contribution is -2.35. The van der Waals surface area contributed by atoms with Crippen LogP contribution in [0.5, 0.6) is 5.75 Å². The Hall–Kier alpha value is -1.55. The number of anilines is 1. The molecular weight excluding hydrogens is 240 g/mol. The van der Waals surface area contributed by atoms with Gasteiger partial charge in [0.25, 0.3) is 0 Å². The van der Waals surface area contributed by atoms with Crippen LogP contribution in [0, 0.1) is 6.92 Å². The van der Waals surface area contributed by atoms with Crippen molar-refractivity contribution >= 4 is 11.6 Å². The summed E-state index contributed by atoms with van der Waals surface area (Å²) in [5.41, 5.74) is 7.55. The number of ether oxygens (including phenoxy) is 1. The second kappa shape index (κ2) is 7.79. The summed E-state index contributed by atoms with van der Waals surface area (Å²) in [6.07, 6.45) is 2.57. The SMILES string of the molecule is CCCOc1ccc(NC(=O)C(N)CCC)c(C)c1. The van der Waals surface area contributed by atoms with Crippen LogP contribution in [-0.4, -0.2) is 18.6 Å². The summed E-state index contributed by atoms with van der Waals surface area (Å²) in [4.78, 5) is 11.8. The lowest BCUT2D eigenvalue weighted by atomic mass is 10.1. The van der Waals surface area contributed by atoms with Crippen molar-refractivity contribution in [3.8, 4) is 5.75 Å². The van der Waals surface area contributed by atoms with Crippen LogP contribution in [0.1, 0.15) is 38.7 Å². The third-order valence-electron chi connectivity index (χ3n) is 2.87. The second-order valence-corrected chi connectivity index (χ2v) is 4.71. The van der Waals surface area contributed by atoms with Gasteiger partial charge in [0.15, 0.2) is 0 Å². The quantitative estimate of drug-likeness (QED) is 0.796. The number of carbonyl (C=O) groups excluding carboxylic acids is 1. The van der Waals surface area contributed by atoms with Crippen molar-refractivity contribution in [2.45, 2.75) is 46.1 Å². The van der Waals surface area contributed by atoms with Gasteiger partial charge < -0.3 is 15.8 Å². The Kier molecular flexibility index (Phi) is 6.36. The highest BCUT2D eigenvalue weighted by atomic mass is 16.5. The van der Waals surface area contributed by atoms with Crippen LogP contribution in [-0.2, 0) is 4.79 Å². The van der Waals surface area contributed by atoms with Crippen LogP contribution in [0.15, 0.2) is 18.2 Å². The minimum atomic E-state index is -0.444. The maximum Gasteiger partial charge on any atom is 0.241 e. The number of benzene rings is 1. The first-order valence-electron chi connectivity index (χ1n) is 6.88. The number of hydrogen-bond acceptors (Lipinski definition) is 3. The van der Waals surface area contributed by atoms with E-state index in [1.165, 1.54) is 0 Å². The maximum atomic E-state index is 11.8. The van der Waals surface area contributed by atoms with Gasteiger partial charge in [-0.25, -0.2) is 0 Å². The Balaban J connectivity index is 2.66. The molecule has 1 atom stereocenters. The predicted octanol–water partition coefficient (Wildman–Crippen LogP) is 2.85. The highest BCUT2D eigenvalue weighted by molar-refractivity contribution is 5.95. The van der Waals surface area contributed by atoms with Crippen molar-refractivity contribution in [2.24, 2.45) is 5.73 Å². The maximum absolute atomic E-state index is 11.8. The molecule has 4 nitrogen and oxygen atoms in total. The first kappa shape index (κ1) is 15.5. The molecule has 0 aromatic heterocycles. The third kappa shape index (κ3) is 4.91. The number of carbonyl (C=O) groups is 1. The standard InChI is InChI=1S/C15H24N2O2/c1-4-6-13(16)15(18)17-14-8-7-12(10-11(14)3)19-9-5-2/h7-8,10,13H,4-6,9,16H2,1-3H3,(H,17,18). The van der Waals surface area contributed by atoms with Gasteiger partial charge in [-0.1, -0.05) is 20.3 Å². The molecule has 0 radical (unpaired) electrons. The zero-order valence-corrected chi connectivity index (χ0v) is 12.0. The number of nitrogens with two attached hydrogens (primary N) is 1. The predicted molar refractivity (Wildman–Crippen MR) is 78.5 cm³/mol. The van der Waals surface area contributed by atoms with Crippen LogP contribution in [0.2, 0.25) is 0 Å². The van der Waals surface area contributed by atoms with E-state index in [0.29, 0.717) is 13.0 Å². The topological polar surface area (TPSA) is 64.3 Å². The molecule has 0 aliphatic carbocycles. The summed E-state index contributed by atoms with van der Waals surface area (Å²) in [5.74, 6) is 0.697. The molecule has 3 N–H and O–H groups in total. The number of hydrogen-bond donors (Lipinski definition) is 2. The van der Waals surface area contributed by atoms with E-state index in [9.17, 15) is 4.79 Å². The largest absolute Gasteiger partial charge is 0.494 e. The molecule has 1 unspecified atom stereocenters. The zero-order chi connectivity index (χ0) is 14.3. The summed E-state index contributed by atoms with van der Waals surface area (Å²) >= 11 is 0. The van der Waals surface area contributed by atoms with Gasteiger partial charge >= 0.3 is 0 Å². The zero-order valence-electron chi connectivity index (χ0n) is 12.0. The molecule has 0 bridgehead atoms. The van der Waals surface area contributed by atoms with E-state index in [2.05, 4.69) is 12.2 Å². The van der Waals surface area contributed by atoms with Crippen molar-refractivity contribution in [3.63, 3.8) is 0 Å². The molecule has 4 heteroatoms. The second-order valence-electron chi connectivity index (χ2n) is 4.71. The van der Waals surface area contributed by atoms with E-state index in [0.717, 1.165) is 29.8 Å². The van der Waals surface area contributed by atoms with Gasteiger partial charge in [0, 0.05) is 5.69 Å². The number of amides is 1. The molecule has 1 rings (SSSR count). The van der Waals surface area contributed by atoms with Gasteiger partial charge in [-0.2, -0.15) is 0 Å². The van der Waals surface area contributed by atoms with E-state index in [1.807, 2.05) is 32.0 Å². The molecule has 1 aromatic carbocycles. The molecule has 0 saturated heterocycles. The Morgan fingerprint density at radius 1 is 1.37 bits per heavy atom. The molecule has 106 valence electrons.